The van der Waals surface area contributed by atoms with E-state index in [1.165, 1.54) is 0 Å². The van der Waals surface area contributed by atoms with Crippen molar-refractivity contribution in [2.24, 2.45) is 5.92 Å². The van der Waals surface area contributed by atoms with Crippen LogP contribution in [-0.4, -0.2) is 42.6 Å². The van der Waals surface area contributed by atoms with Crippen molar-refractivity contribution in [1.82, 2.24) is 5.48 Å². The van der Waals surface area contributed by atoms with Crippen molar-refractivity contribution in [3.8, 4) is 11.5 Å². The Balaban J connectivity index is 2.17. The molecule has 0 aliphatic carbocycles. The number of methoxy groups -OCH3 is 1. The van der Waals surface area contributed by atoms with Gasteiger partial charge in [0.1, 0.15) is 24.2 Å². The van der Waals surface area contributed by atoms with Crippen LogP contribution in [0.1, 0.15) is 31.9 Å². The molecule has 2 atom stereocenters. The maximum absolute atomic E-state index is 12.6. The van der Waals surface area contributed by atoms with Gasteiger partial charge in [-0.15, -0.1) is 0 Å². The summed E-state index contributed by atoms with van der Waals surface area (Å²) in [7, 11) is 1.56. The number of hydroxylamine groups is 1. The largest absolute Gasteiger partial charge is 0.497 e. The summed E-state index contributed by atoms with van der Waals surface area (Å²) in [6.07, 6.45) is 0.831. The molecule has 4 N–H and O–H groups in total. The van der Waals surface area contributed by atoms with Gasteiger partial charge in [-0.3, -0.25) is 15.3 Å². The summed E-state index contributed by atoms with van der Waals surface area (Å²) in [5.74, 6) is 0.454. The van der Waals surface area contributed by atoms with Crippen LogP contribution in [0.15, 0.2) is 60.2 Å². The highest BCUT2D eigenvalue weighted by Crippen LogP contribution is 2.31. The molecule has 2 aromatic carbocycles. The van der Waals surface area contributed by atoms with E-state index < -0.39 is 18.1 Å². The molecule has 0 bridgehead atoms. The van der Waals surface area contributed by atoms with Crippen molar-refractivity contribution in [3.63, 3.8) is 0 Å². The Morgan fingerprint density at radius 2 is 1.70 bits per heavy atom. The third-order valence-electron chi connectivity index (χ3n) is 4.91. The van der Waals surface area contributed by atoms with Crippen molar-refractivity contribution in [2.45, 2.75) is 26.4 Å². The Hall–Kier alpha value is -3.56. The third kappa shape index (κ3) is 8.13. The molecule has 9 nitrogen and oxygen atoms in total. The van der Waals surface area contributed by atoms with Gasteiger partial charge in [-0.25, -0.2) is 10.3 Å². The minimum Gasteiger partial charge on any atom is -0.497 e. The Morgan fingerprint density at radius 3 is 2.27 bits per heavy atom. The summed E-state index contributed by atoms with van der Waals surface area (Å²) in [6, 6.07) is 13.9. The summed E-state index contributed by atoms with van der Waals surface area (Å²) in [4.78, 5) is 24.2. The molecule has 0 spiro atoms. The second kappa shape index (κ2) is 13.1. The van der Waals surface area contributed by atoms with Gasteiger partial charge in [0.15, 0.2) is 0 Å². The molecule has 0 heterocycles. The molecule has 0 saturated carbocycles. The number of hydrogen-bond acceptors (Lipinski definition) is 7. The molecular weight excluding hydrogens is 428 g/mol. The maximum Gasteiger partial charge on any atom is 0.412 e. The lowest BCUT2D eigenvalue weighted by Crippen LogP contribution is -2.22. The van der Waals surface area contributed by atoms with E-state index in [0.717, 1.165) is 5.56 Å². The molecule has 178 valence electrons. The van der Waals surface area contributed by atoms with Crippen LogP contribution in [0.25, 0.3) is 0 Å². The number of carbonyl (C=O) groups excluding carboxylic acids is 2. The summed E-state index contributed by atoms with van der Waals surface area (Å²) in [5, 5.41) is 20.4. The van der Waals surface area contributed by atoms with E-state index in [2.05, 4.69) is 5.32 Å². The molecule has 0 fully saturated rings. The Morgan fingerprint density at radius 1 is 1.06 bits per heavy atom. The Kier molecular flexibility index (Phi) is 10.2. The third-order valence-corrected chi connectivity index (χ3v) is 4.91. The highest BCUT2D eigenvalue weighted by molar-refractivity contribution is 5.91. The highest BCUT2D eigenvalue weighted by Gasteiger charge is 2.24. The second-order valence-electron chi connectivity index (χ2n) is 7.36. The Bertz CT molecular complexity index is 927. The summed E-state index contributed by atoms with van der Waals surface area (Å²) < 4.78 is 16.3. The minimum absolute atomic E-state index is 0.0941. The molecule has 0 unspecified atom stereocenters. The van der Waals surface area contributed by atoms with E-state index >= 15 is 0 Å². The predicted molar refractivity (Wildman–Crippen MR) is 122 cm³/mol. The number of hydrogen-bond donors (Lipinski definition) is 4. The standard InChI is InChI=1S/C24H30N2O7/c1-16(4-5-17(2)23(28)26-30)22(18-6-10-21(11-7-18)32-15-14-27)33-24(29)25-19-8-12-20(31-3)13-9-19/h5-13,16,22,27,30H,4,14-15H2,1-3H3,(H,25,29)(H,26,28)/b17-5+/t16-,22+/m0/s1. The van der Waals surface area contributed by atoms with Crippen molar-refractivity contribution >= 4 is 17.7 Å². The van der Waals surface area contributed by atoms with Crippen LogP contribution in [-0.2, 0) is 9.53 Å². The maximum atomic E-state index is 12.6. The van der Waals surface area contributed by atoms with E-state index in [1.54, 1.807) is 74.1 Å². The van der Waals surface area contributed by atoms with Crippen LogP contribution in [0.3, 0.4) is 0 Å². The van der Waals surface area contributed by atoms with Crippen LogP contribution in [0.2, 0.25) is 0 Å². The van der Waals surface area contributed by atoms with E-state index in [9.17, 15) is 9.59 Å². The SMILES string of the molecule is COc1ccc(NC(=O)O[C@@H](c2ccc(OCCO)cc2)[C@@H](C)C/C=C(\C)C(=O)NO)cc1. The number of aliphatic hydroxyl groups is 1. The first kappa shape index (κ1) is 25.7. The number of anilines is 1. The quantitative estimate of drug-likeness (QED) is 0.229. The minimum atomic E-state index is -0.633. The first-order valence-corrected chi connectivity index (χ1v) is 10.4. The van der Waals surface area contributed by atoms with Crippen molar-refractivity contribution in [1.29, 1.82) is 0 Å². The average molecular weight is 459 g/mol. The molecular formula is C24H30N2O7. The number of carbonyl (C=O) groups is 2. The van der Waals surface area contributed by atoms with Crippen LogP contribution in [0.5, 0.6) is 11.5 Å². The van der Waals surface area contributed by atoms with Gasteiger partial charge >= 0.3 is 6.09 Å². The number of allylic oxidation sites excluding steroid dienone is 1. The van der Waals surface area contributed by atoms with Gasteiger partial charge in [0.25, 0.3) is 5.91 Å². The molecule has 33 heavy (non-hydrogen) atoms. The Labute approximate surface area is 192 Å². The molecule has 2 rings (SSSR count). The van der Waals surface area contributed by atoms with Gasteiger partial charge in [-0.05, 0) is 55.3 Å². The predicted octanol–water partition coefficient (Wildman–Crippen LogP) is 3.83. The fourth-order valence-electron chi connectivity index (χ4n) is 3.03. The first-order chi connectivity index (χ1) is 15.9. The number of nitrogens with one attached hydrogen (secondary N) is 2. The fourth-order valence-corrected chi connectivity index (χ4v) is 3.03. The molecule has 0 saturated heterocycles. The smallest absolute Gasteiger partial charge is 0.412 e. The molecule has 2 aromatic rings. The number of amides is 2. The van der Waals surface area contributed by atoms with Crippen molar-refractivity contribution in [3.05, 3.63) is 65.7 Å². The lowest BCUT2D eigenvalue weighted by Gasteiger charge is -2.24. The first-order valence-electron chi connectivity index (χ1n) is 10.4. The number of aliphatic hydroxyl groups excluding tert-OH is 1. The van der Waals surface area contributed by atoms with E-state index in [0.29, 0.717) is 29.2 Å². The van der Waals surface area contributed by atoms with Gasteiger partial charge in [0.05, 0.1) is 13.7 Å². The molecule has 2 amide bonds. The van der Waals surface area contributed by atoms with Crippen LogP contribution < -0.4 is 20.3 Å². The summed E-state index contributed by atoms with van der Waals surface area (Å²) in [6.45, 7) is 3.56. The molecule has 0 aliphatic heterocycles. The average Bonchev–Trinajstić information content (AvgIpc) is 2.84. The summed E-state index contributed by atoms with van der Waals surface area (Å²) in [5.41, 5.74) is 3.23. The van der Waals surface area contributed by atoms with Gasteiger partial charge in [0.2, 0.25) is 0 Å². The van der Waals surface area contributed by atoms with Crippen LogP contribution in [0.4, 0.5) is 10.5 Å². The van der Waals surface area contributed by atoms with Gasteiger partial charge in [0, 0.05) is 17.2 Å². The second-order valence-corrected chi connectivity index (χ2v) is 7.36. The highest BCUT2D eigenvalue weighted by atomic mass is 16.6. The lowest BCUT2D eigenvalue weighted by molar-refractivity contribution is -0.125. The van der Waals surface area contributed by atoms with Crippen LogP contribution >= 0.6 is 0 Å². The zero-order chi connectivity index (χ0) is 24.2. The zero-order valence-electron chi connectivity index (χ0n) is 18.9. The van der Waals surface area contributed by atoms with E-state index in [-0.39, 0.29) is 19.1 Å². The van der Waals surface area contributed by atoms with E-state index in [1.807, 2.05) is 6.92 Å². The number of rotatable bonds is 11. The van der Waals surface area contributed by atoms with Gasteiger partial charge in [-0.2, -0.15) is 0 Å². The molecule has 0 aromatic heterocycles. The molecule has 0 radical (unpaired) electrons. The molecule has 9 heteroatoms. The fraction of sp³-hybridized carbons (Fsp3) is 0.333. The number of ether oxygens (including phenoxy) is 3. The van der Waals surface area contributed by atoms with Crippen LogP contribution in [0, 0.1) is 5.92 Å². The topological polar surface area (TPSA) is 126 Å². The van der Waals surface area contributed by atoms with Crippen molar-refractivity contribution in [2.75, 3.05) is 25.6 Å². The monoisotopic (exact) mass is 458 g/mol. The zero-order valence-corrected chi connectivity index (χ0v) is 18.9. The van der Waals surface area contributed by atoms with E-state index in [4.69, 9.17) is 24.5 Å². The summed E-state index contributed by atoms with van der Waals surface area (Å²) >= 11 is 0. The number of benzene rings is 2. The molecule has 0 aliphatic rings. The normalized spacial score (nSPS) is 12.9. The van der Waals surface area contributed by atoms with Crippen molar-refractivity contribution < 1.29 is 34.1 Å². The van der Waals surface area contributed by atoms with Gasteiger partial charge < -0.3 is 19.3 Å². The van der Waals surface area contributed by atoms with Gasteiger partial charge in [-0.1, -0.05) is 25.1 Å². The lowest BCUT2D eigenvalue weighted by atomic mass is 9.93.